The van der Waals surface area contributed by atoms with E-state index in [2.05, 4.69) is 26.9 Å². The minimum Gasteiger partial charge on any atom is -0.337 e. The predicted octanol–water partition coefficient (Wildman–Crippen LogP) is 3.25. The van der Waals surface area contributed by atoms with Crippen molar-refractivity contribution in [2.24, 2.45) is 11.8 Å². The number of anilines is 1. The van der Waals surface area contributed by atoms with Crippen LogP contribution in [0.15, 0.2) is 12.1 Å². The summed E-state index contributed by atoms with van der Waals surface area (Å²) in [6.07, 6.45) is 5.23. The number of hydrogen-bond donors (Lipinski definition) is 1. The Hall–Kier alpha value is -1.99. The fraction of sp³-hybridized carbons (Fsp3) is 0.680. The predicted molar refractivity (Wildman–Crippen MR) is 124 cm³/mol. The summed E-state index contributed by atoms with van der Waals surface area (Å²) in [6.45, 7) is 8.64. The Balaban J connectivity index is 1.39. The Bertz CT molecular complexity index is 855. The Labute approximate surface area is 191 Å². The molecule has 32 heavy (non-hydrogen) atoms. The van der Waals surface area contributed by atoms with Crippen molar-refractivity contribution in [3.8, 4) is 0 Å². The second-order valence-electron chi connectivity index (χ2n) is 10.1. The summed E-state index contributed by atoms with van der Waals surface area (Å²) in [4.78, 5) is 32.0. The lowest BCUT2D eigenvalue weighted by atomic mass is 10.0. The molecule has 6 nitrogen and oxygen atoms in total. The van der Waals surface area contributed by atoms with Gasteiger partial charge in [-0.25, -0.2) is 4.39 Å². The largest absolute Gasteiger partial charge is 0.337 e. The van der Waals surface area contributed by atoms with Crippen LogP contribution in [-0.4, -0.2) is 72.3 Å². The first kappa shape index (κ1) is 23.2. The molecule has 0 radical (unpaired) electrons. The van der Waals surface area contributed by atoms with Crippen molar-refractivity contribution in [1.82, 2.24) is 14.7 Å². The summed E-state index contributed by atoms with van der Waals surface area (Å²) in [5, 5.41) is 2.98. The molecule has 0 aromatic heterocycles. The number of amides is 2. The van der Waals surface area contributed by atoms with Crippen molar-refractivity contribution in [3.63, 3.8) is 0 Å². The van der Waals surface area contributed by atoms with Gasteiger partial charge in [-0.3, -0.25) is 14.5 Å². The van der Waals surface area contributed by atoms with Crippen molar-refractivity contribution >= 4 is 17.5 Å². The quantitative estimate of drug-likeness (QED) is 0.758. The van der Waals surface area contributed by atoms with Crippen molar-refractivity contribution in [1.29, 1.82) is 0 Å². The maximum Gasteiger partial charge on any atom is 0.228 e. The second-order valence-corrected chi connectivity index (χ2v) is 10.1. The van der Waals surface area contributed by atoms with Crippen molar-refractivity contribution in [2.75, 3.05) is 45.1 Å². The summed E-state index contributed by atoms with van der Waals surface area (Å²) in [5.74, 6) is 0.131. The molecule has 1 unspecified atom stereocenters. The fourth-order valence-electron chi connectivity index (χ4n) is 5.57. The van der Waals surface area contributed by atoms with Gasteiger partial charge in [-0.05, 0) is 70.0 Å². The van der Waals surface area contributed by atoms with Gasteiger partial charge in [0.2, 0.25) is 11.8 Å². The summed E-state index contributed by atoms with van der Waals surface area (Å²) in [5.41, 5.74) is 2.39. The van der Waals surface area contributed by atoms with E-state index in [9.17, 15) is 14.0 Å². The molecule has 7 heteroatoms. The Morgan fingerprint density at radius 2 is 1.81 bits per heavy atom. The van der Waals surface area contributed by atoms with E-state index >= 15 is 0 Å². The van der Waals surface area contributed by atoms with Crippen molar-refractivity contribution in [3.05, 3.63) is 29.1 Å². The summed E-state index contributed by atoms with van der Waals surface area (Å²) >= 11 is 0. The highest BCUT2D eigenvalue weighted by atomic mass is 19.1. The molecule has 2 amide bonds. The molecular formula is C25H37FN4O2. The molecule has 3 aliphatic rings. The number of hydrogen-bond acceptors (Lipinski definition) is 4. The standard InChI is InChI=1S/C25H37FN4O2/c1-17-14-29(10-11-30(17)25(32)19-6-4-5-7-19)16-21-12-22(26)13-23(18(21)2)27-24(31)20-8-9-28(3)15-20/h12-13,17,19-20H,4-11,14-16H2,1-3H3,(H,27,31)/t17-,20?/m0/s1. The van der Waals surface area contributed by atoms with Gasteiger partial charge in [0.05, 0.1) is 5.92 Å². The van der Waals surface area contributed by atoms with E-state index < -0.39 is 0 Å². The Kier molecular flexibility index (Phi) is 7.15. The van der Waals surface area contributed by atoms with Crippen LogP contribution in [0.25, 0.3) is 0 Å². The maximum absolute atomic E-state index is 14.4. The molecule has 2 saturated heterocycles. The molecule has 3 fully saturated rings. The molecule has 2 atom stereocenters. The molecule has 1 aromatic rings. The van der Waals surface area contributed by atoms with Crippen LogP contribution in [0, 0.1) is 24.6 Å². The third-order valence-electron chi connectivity index (χ3n) is 7.59. The number of nitrogens with zero attached hydrogens (tertiary/aromatic N) is 3. The van der Waals surface area contributed by atoms with E-state index in [1.165, 1.54) is 18.9 Å². The van der Waals surface area contributed by atoms with Crippen LogP contribution in [0.3, 0.4) is 0 Å². The monoisotopic (exact) mass is 444 g/mol. The lowest BCUT2D eigenvalue weighted by molar-refractivity contribution is -0.140. The molecule has 0 spiro atoms. The van der Waals surface area contributed by atoms with Gasteiger partial charge in [-0.2, -0.15) is 0 Å². The van der Waals surface area contributed by atoms with Gasteiger partial charge in [0, 0.05) is 50.4 Å². The van der Waals surface area contributed by atoms with Crippen LogP contribution in [-0.2, 0) is 16.1 Å². The normalized spacial score (nSPS) is 25.4. The van der Waals surface area contributed by atoms with Gasteiger partial charge in [-0.1, -0.05) is 12.8 Å². The minimum absolute atomic E-state index is 0.0262. The number of piperazine rings is 1. The van der Waals surface area contributed by atoms with E-state index in [-0.39, 0.29) is 29.6 Å². The van der Waals surface area contributed by atoms with E-state index in [0.29, 0.717) is 18.1 Å². The van der Waals surface area contributed by atoms with E-state index in [4.69, 9.17) is 0 Å². The molecule has 0 bridgehead atoms. The minimum atomic E-state index is -0.326. The molecule has 1 saturated carbocycles. The van der Waals surface area contributed by atoms with E-state index in [1.807, 2.05) is 14.0 Å². The third kappa shape index (κ3) is 5.15. The van der Waals surface area contributed by atoms with Crippen LogP contribution in [0.4, 0.5) is 10.1 Å². The highest BCUT2D eigenvalue weighted by molar-refractivity contribution is 5.93. The number of rotatable bonds is 5. The van der Waals surface area contributed by atoms with Gasteiger partial charge >= 0.3 is 0 Å². The van der Waals surface area contributed by atoms with E-state index in [1.54, 1.807) is 6.07 Å². The molecule has 1 aromatic carbocycles. The van der Waals surface area contributed by atoms with Crippen molar-refractivity contribution in [2.45, 2.75) is 58.5 Å². The topological polar surface area (TPSA) is 55.9 Å². The third-order valence-corrected chi connectivity index (χ3v) is 7.59. The van der Waals surface area contributed by atoms with Gasteiger partial charge in [0.1, 0.15) is 5.82 Å². The zero-order valence-electron chi connectivity index (χ0n) is 19.7. The summed E-state index contributed by atoms with van der Waals surface area (Å²) in [7, 11) is 2.01. The molecule has 1 aliphatic carbocycles. The van der Waals surface area contributed by atoms with Crippen LogP contribution < -0.4 is 5.32 Å². The Morgan fingerprint density at radius 3 is 2.47 bits per heavy atom. The first-order valence-corrected chi connectivity index (χ1v) is 12.1. The first-order valence-electron chi connectivity index (χ1n) is 12.1. The zero-order valence-corrected chi connectivity index (χ0v) is 19.7. The molecular weight excluding hydrogens is 407 g/mol. The number of likely N-dealkylation sites (tertiary alicyclic amines) is 1. The lowest BCUT2D eigenvalue weighted by Gasteiger charge is -2.41. The fourth-order valence-corrected chi connectivity index (χ4v) is 5.57. The van der Waals surface area contributed by atoms with Crippen LogP contribution in [0.1, 0.15) is 50.2 Å². The van der Waals surface area contributed by atoms with E-state index in [0.717, 1.165) is 63.1 Å². The van der Waals surface area contributed by atoms with Gasteiger partial charge in [-0.15, -0.1) is 0 Å². The number of carbonyl (C=O) groups is 2. The SMILES string of the molecule is Cc1c(CN2CCN(C(=O)C3CCCC3)[C@@H](C)C2)cc(F)cc1NC(=O)C1CCN(C)C1. The highest BCUT2D eigenvalue weighted by Crippen LogP contribution is 2.29. The van der Waals surface area contributed by atoms with Gasteiger partial charge in [0.25, 0.3) is 0 Å². The summed E-state index contributed by atoms with van der Waals surface area (Å²) in [6, 6.07) is 3.16. The number of carbonyl (C=O) groups excluding carboxylic acids is 2. The molecule has 1 N–H and O–H groups in total. The van der Waals surface area contributed by atoms with Gasteiger partial charge in [0.15, 0.2) is 0 Å². The molecule has 176 valence electrons. The molecule has 4 rings (SSSR count). The van der Waals surface area contributed by atoms with Crippen LogP contribution >= 0.6 is 0 Å². The maximum atomic E-state index is 14.4. The molecule has 2 heterocycles. The molecule has 2 aliphatic heterocycles. The van der Waals surface area contributed by atoms with Gasteiger partial charge < -0.3 is 15.1 Å². The van der Waals surface area contributed by atoms with Crippen LogP contribution in [0.2, 0.25) is 0 Å². The smallest absolute Gasteiger partial charge is 0.228 e. The first-order chi connectivity index (χ1) is 15.3. The highest BCUT2D eigenvalue weighted by Gasteiger charge is 2.33. The number of halogens is 1. The second kappa shape index (κ2) is 9.87. The summed E-state index contributed by atoms with van der Waals surface area (Å²) < 4.78 is 14.4. The number of benzene rings is 1. The number of nitrogens with one attached hydrogen (secondary N) is 1. The van der Waals surface area contributed by atoms with Crippen LogP contribution in [0.5, 0.6) is 0 Å². The van der Waals surface area contributed by atoms with Crippen molar-refractivity contribution < 1.29 is 14.0 Å². The average molecular weight is 445 g/mol. The Morgan fingerprint density at radius 1 is 1.06 bits per heavy atom. The lowest BCUT2D eigenvalue weighted by Crippen LogP contribution is -2.54. The average Bonchev–Trinajstić information content (AvgIpc) is 3.43. The zero-order chi connectivity index (χ0) is 22.8.